The summed E-state index contributed by atoms with van der Waals surface area (Å²) >= 11 is 0. The minimum atomic E-state index is -1.27. The molecule has 1 aliphatic heterocycles. The number of carbonyl (C=O) groups is 3. The standard InChI is InChI=1S/C26H19N3O5/c1-33-21-8-3-2-6-18(21)23-22(24(30)20-7-4-5-14-27-20)25(31)26(32)29(23)17-11-9-16(10-12-17)19-13-15-34-28-19/h2-15,22-23H,1H3. The summed E-state index contributed by atoms with van der Waals surface area (Å²) in [7, 11) is 1.50. The summed E-state index contributed by atoms with van der Waals surface area (Å²) < 4.78 is 10.4. The van der Waals surface area contributed by atoms with Crippen molar-refractivity contribution in [3.05, 3.63) is 96.5 Å². The van der Waals surface area contributed by atoms with Gasteiger partial charge in [0, 0.05) is 29.1 Å². The zero-order valence-electron chi connectivity index (χ0n) is 18.1. The van der Waals surface area contributed by atoms with Crippen LogP contribution in [0, 0.1) is 5.92 Å². The van der Waals surface area contributed by atoms with E-state index in [2.05, 4.69) is 10.1 Å². The van der Waals surface area contributed by atoms with E-state index in [0.717, 1.165) is 5.56 Å². The summed E-state index contributed by atoms with van der Waals surface area (Å²) in [5, 5.41) is 3.92. The maximum atomic E-state index is 13.5. The van der Waals surface area contributed by atoms with Crippen LogP contribution in [0.3, 0.4) is 0 Å². The van der Waals surface area contributed by atoms with E-state index in [1.54, 1.807) is 66.7 Å². The van der Waals surface area contributed by atoms with Crippen molar-refractivity contribution < 1.29 is 23.6 Å². The molecule has 2 aromatic heterocycles. The molecule has 1 amide bonds. The predicted octanol–water partition coefficient (Wildman–Crippen LogP) is 3.90. The molecule has 5 rings (SSSR count). The van der Waals surface area contributed by atoms with Crippen LogP contribution < -0.4 is 9.64 Å². The van der Waals surface area contributed by atoms with E-state index in [0.29, 0.717) is 22.7 Å². The van der Waals surface area contributed by atoms with Gasteiger partial charge in [0.25, 0.3) is 5.91 Å². The maximum absolute atomic E-state index is 13.5. The first-order chi connectivity index (χ1) is 16.6. The van der Waals surface area contributed by atoms with Gasteiger partial charge in [-0.15, -0.1) is 0 Å². The van der Waals surface area contributed by atoms with Crippen LogP contribution in [0.4, 0.5) is 5.69 Å². The topological polar surface area (TPSA) is 103 Å². The predicted molar refractivity (Wildman–Crippen MR) is 122 cm³/mol. The molecule has 1 saturated heterocycles. The molecule has 0 aliphatic carbocycles. The molecule has 0 radical (unpaired) electrons. The van der Waals surface area contributed by atoms with Gasteiger partial charge in [-0.3, -0.25) is 24.3 Å². The Hall–Kier alpha value is -4.59. The van der Waals surface area contributed by atoms with Crippen molar-refractivity contribution in [3.8, 4) is 17.0 Å². The molecule has 0 bridgehead atoms. The van der Waals surface area contributed by atoms with Crippen LogP contribution in [0.25, 0.3) is 11.3 Å². The maximum Gasteiger partial charge on any atom is 0.295 e. The van der Waals surface area contributed by atoms with Crippen molar-refractivity contribution in [2.75, 3.05) is 12.0 Å². The number of nitrogens with zero attached hydrogens (tertiary/aromatic N) is 3. The van der Waals surface area contributed by atoms with Gasteiger partial charge < -0.3 is 9.26 Å². The average Bonchev–Trinajstić information content (AvgIpc) is 3.51. The molecule has 3 heterocycles. The second-order valence-corrected chi connectivity index (χ2v) is 7.71. The van der Waals surface area contributed by atoms with Crippen LogP contribution in [-0.2, 0) is 9.59 Å². The van der Waals surface area contributed by atoms with Crippen molar-refractivity contribution in [2.24, 2.45) is 5.92 Å². The third-order valence-electron chi connectivity index (χ3n) is 5.84. The first-order valence-corrected chi connectivity index (χ1v) is 10.6. The number of hydrogen-bond donors (Lipinski definition) is 0. The van der Waals surface area contributed by atoms with E-state index in [4.69, 9.17) is 9.26 Å². The Labute approximate surface area is 194 Å². The van der Waals surface area contributed by atoms with Crippen molar-refractivity contribution in [2.45, 2.75) is 6.04 Å². The van der Waals surface area contributed by atoms with Gasteiger partial charge in [0.15, 0.2) is 5.78 Å². The largest absolute Gasteiger partial charge is 0.496 e. The Bertz CT molecular complexity index is 1350. The minimum Gasteiger partial charge on any atom is -0.496 e. The first-order valence-electron chi connectivity index (χ1n) is 10.6. The smallest absolute Gasteiger partial charge is 0.295 e. The number of para-hydroxylation sites is 1. The second-order valence-electron chi connectivity index (χ2n) is 7.71. The summed E-state index contributed by atoms with van der Waals surface area (Å²) in [5.41, 5.74) is 2.57. The highest BCUT2D eigenvalue weighted by atomic mass is 16.5. The van der Waals surface area contributed by atoms with Crippen LogP contribution >= 0.6 is 0 Å². The summed E-state index contributed by atoms with van der Waals surface area (Å²) in [6.07, 6.45) is 2.95. The van der Waals surface area contributed by atoms with E-state index < -0.39 is 29.4 Å². The van der Waals surface area contributed by atoms with E-state index >= 15 is 0 Å². The summed E-state index contributed by atoms with van der Waals surface area (Å²) in [6.45, 7) is 0. The molecule has 0 saturated carbocycles. The van der Waals surface area contributed by atoms with Gasteiger partial charge in [-0.05, 0) is 30.3 Å². The monoisotopic (exact) mass is 453 g/mol. The lowest BCUT2D eigenvalue weighted by atomic mass is 9.87. The number of rotatable bonds is 6. The van der Waals surface area contributed by atoms with E-state index in [-0.39, 0.29) is 5.69 Å². The zero-order valence-corrected chi connectivity index (χ0v) is 18.1. The number of aromatic nitrogens is 2. The highest BCUT2D eigenvalue weighted by Gasteiger charge is 2.53. The number of hydrogen-bond acceptors (Lipinski definition) is 7. The molecular formula is C26H19N3O5. The molecule has 2 aromatic carbocycles. The van der Waals surface area contributed by atoms with Gasteiger partial charge in [-0.25, -0.2) is 0 Å². The number of carbonyl (C=O) groups excluding carboxylic acids is 3. The number of benzene rings is 2. The number of ether oxygens (including phenoxy) is 1. The molecule has 8 heteroatoms. The summed E-state index contributed by atoms with van der Waals surface area (Å²) in [4.78, 5) is 45.4. The highest BCUT2D eigenvalue weighted by molar-refractivity contribution is 6.49. The van der Waals surface area contributed by atoms with Crippen LogP contribution in [-0.4, -0.2) is 34.7 Å². The van der Waals surface area contributed by atoms with Gasteiger partial charge in [-0.2, -0.15) is 0 Å². The third kappa shape index (κ3) is 3.55. The summed E-state index contributed by atoms with van der Waals surface area (Å²) in [5.74, 6) is -2.87. The fourth-order valence-electron chi connectivity index (χ4n) is 4.26. The molecule has 8 nitrogen and oxygen atoms in total. The van der Waals surface area contributed by atoms with Crippen molar-refractivity contribution >= 4 is 23.2 Å². The van der Waals surface area contributed by atoms with Crippen LogP contribution in [0.15, 0.2) is 89.8 Å². The number of pyridine rings is 1. The van der Waals surface area contributed by atoms with Gasteiger partial charge in [0.1, 0.15) is 29.3 Å². The number of methoxy groups -OCH3 is 1. The van der Waals surface area contributed by atoms with Crippen molar-refractivity contribution in [3.63, 3.8) is 0 Å². The van der Waals surface area contributed by atoms with Crippen molar-refractivity contribution in [1.29, 1.82) is 0 Å². The molecule has 2 atom stereocenters. The van der Waals surface area contributed by atoms with Crippen LogP contribution in [0.5, 0.6) is 5.75 Å². The molecule has 2 unspecified atom stereocenters. The van der Waals surface area contributed by atoms with Crippen LogP contribution in [0.1, 0.15) is 22.1 Å². The normalized spacial score (nSPS) is 17.7. The van der Waals surface area contributed by atoms with E-state index in [1.165, 1.54) is 30.5 Å². The second kappa shape index (κ2) is 8.74. The highest BCUT2D eigenvalue weighted by Crippen LogP contribution is 2.44. The quantitative estimate of drug-likeness (QED) is 0.248. The Morgan fingerprint density at radius 1 is 0.971 bits per heavy atom. The molecule has 0 spiro atoms. The number of anilines is 1. The van der Waals surface area contributed by atoms with E-state index in [9.17, 15) is 14.4 Å². The molecule has 0 N–H and O–H groups in total. The van der Waals surface area contributed by atoms with Gasteiger partial charge in [0.2, 0.25) is 5.78 Å². The van der Waals surface area contributed by atoms with Gasteiger partial charge >= 0.3 is 0 Å². The number of amides is 1. The van der Waals surface area contributed by atoms with Gasteiger partial charge in [-0.1, -0.05) is 41.6 Å². The van der Waals surface area contributed by atoms with Crippen LogP contribution in [0.2, 0.25) is 0 Å². The SMILES string of the molecule is COc1ccccc1C1C(C(=O)c2ccccn2)C(=O)C(=O)N1c1ccc(-c2ccon2)cc1. The molecular weight excluding hydrogens is 434 g/mol. The lowest BCUT2D eigenvalue weighted by Gasteiger charge is -2.28. The zero-order chi connectivity index (χ0) is 23.7. The Kier molecular flexibility index (Phi) is 5.47. The molecule has 168 valence electrons. The lowest BCUT2D eigenvalue weighted by molar-refractivity contribution is -0.135. The number of Topliss-reactive ketones (excluding diaryl/α,β-unsaturated/α-hetero) is 2. The lowest BCUT2D eigenvalue weighted by Crippen LogP contribution is -2.31. The fourth-order valence-corrected chi connectivity index (χ4v) is 4.26. The third-order valence-corrected chi connectivity index (χ3v) is 5.84. The summed E-state index contributed by atoms with van der Waals surface area (Å²) in [6, 6.07) is 19.7. The Balaban J connectivity index is 1.63. The average molecular weight is 453 g/mol. The minimum absolute atomic E-state index is 0.122. The van der Waals surface area contributed by atoms with Crippen molar-refractivity contribution in [1.82, 2.24) is 10.1 Å². The first kappa shape index (κ1) is 21.3. The van der Waals surface area contributed by atoms with Gasteiger partial charge in [0.05, 0.1) is 13.2 Å². The Morgan fingerprint density at radius 3 is 2.41 bits per heavy atom. The molecule has 4 aromatic rings. The Morgan fingerprint density at radius 2 is 1.74 bits per heavy atom. The van der Waals surface area contributed by atoms with E-state index in [1.807, 2.05) is 0 Å². The molecule has 34 heavy (non-hydrogen) atoms. The molecule has 1 fully saturated rings. The fraction of sp³-hybridized carbons (Fsp3) is 0.115. The number of ketones is 2. The molecule has 1 aliphatic rings.